The SMILES string of the molecule is CCCCc1oc2ccccc2c(=O)c1[Se]c1ccc(F)cc1. The van der Waals surface area contributed by atoms with E-state index in [2.05, 4.69) is 6.92 Å². The number of unbranched alkanes of at least 4 members (excludes halogenated alkanes) is 1. The Hall–Kier alpha value is -1.90. The molecule has 0 unspecified atom stereocenters. The normalized spacial score (nSPS) is 11.0. The fourth-order valence-corrected chi connectivity index (χ4v) is 4.43. The van der Waals surface area contributed by atoms with Crippen molar-refractivity contribution in [2.24, 2.45) is 0 Å². The van der Waals surface area contributed by atoms with E-state index in [9.17, 15) is 9.18 Å². The molecule has 3 aromatic rings. The van der Waals surface area contributed by atoms with Crippen LogP contribution in [-0.2, 0) is 6.42 Å². The van der Waals surface area contributed by atoms with Gasteiger partial charge in [-0.3, -0.25) is 0 Å². The molecule has 0 aliphatic carbocycles. The topological polar surface area (TPSA) is 30.2 Å². The van der Waals surface area contributed by atoms with Crippen molar-refractivity contribution in [3.63, 3.8) is 0 Å². The molecule has 3 rings (SSSR count). The predicted octanol–water partition coefficient (Wildman–Crippen LogP) is 2.93. The zero-order valence-electron chi connectivity index (χ0n) is 12.8. The maximum absolute atomic E-state index is 13.1. The van der Waals surface area contributed by atoms with Gasteiger partial charge in [0.15, 0.2) is 0 Å². The molecule has 0 saturated heterocycles. The monoisotopic (exact) mass is 376 g/mol. The van der Waals surface area contributed by atoms with Crippen molar-refractivity contribution in [2.75, 3.05) is 0 Å². The molecule has 2 nitrogen and oxygen atoms in total. The van der Waals surface area contributed by atoms with Gasteiger partial charge in [-0.2, -0.15) is 0 Å². The summed E-state index contributed by atoms with van der Waals surface area (Å²) in [7, 11) is 0. The minimum atomic E-state index is -0.263. The third-order valence-corrected chi connectivity index (χ3v) is 5.98. The molecular weight excluding hydrogens is 358 g/mol. The van der Waals surface area contributed by atoms with Crippen molar-refractivity contribution < 1.29 is 8.81 Å². The van der Waals surface area contributed by atoms with Gasteiger partial charge in [0.2, 0.25) is 0 Å². The summed E-state index contributed by atoms with van der Waals surface area (Å²) < 4.78 is 20.8. The van der Waals surface area contributed by atoms with Crippen LogP contribution in [0, 0.1) is 5.82 Å². The first-order valence-corrected chi connectivity index (χ1v) is 9.38. The first kappa shape index (κ1) is 16.0. The summed E-state index contributed by atoms with van der Waals surface area (Å²) in [5.41, 5.74) is 0.685. The van der Waals surface area contributed by atoms with Crippen LogP contribution in [0.2, 0.25) is 0 Å². The van der Waals surface area contributed by atoms with Gasteiger partial charge in [-0.1, -0.05) is 0 Å². The van der Waals surface area contributed by atoms with E-state index >= 15 is 0 Å². The second kappa shape index (κ2) is 7.12. The molecule has 1 aromatic heterocycles. The fraction of sp³-hybridized carbons (Fsp3) is 0.211. The number of rotatable bonds is 5. The summed E-state index contributed by atoms with van der Waals surface area (Å²) in [5, 5.41) is 0.617. The minimum absolute atomic E-state index is 0.0438. The number of halogens is 1. The van der Waals surface area contributed by atoms with Gasteiger partial charge >= 0.3 is 140 Å². The van der Waals surface area contributed by atoms with Crippen LogP contribution in [0.3, 0.4) is 0 Å². The molecule has 2 aromatic carbocycles. The average molecular weight is 375 g/mol. The molecule has 0 aliphatic heterocycles. The Labute approximate surface area is 140 Å². The number of para-hydroxylation sites is 1. The van der Waals surface area contributed by atoms with Crippen LogP contribution in [0.5, 0.6) is 0 Å². The van der Waals surface area contributed by atoms with Gasteiger partial charge in [-0.15, -0.1) is 0 Å². The van der Waals surface area contributed by atoms with E-state index < -0.39 is 0 Å². The van der Waals surface area contributed by atoms with Gasteiger partial charge in [0.05, 0.1) is 0 Å². The van der Waals surface area contributed by atoms with E-state index in [1.165, 1.54) is 12.1 Å². The Kier molecular flexibility index (Phi) is 4.94. The second-order valence-corrected chi connectivity index (χ2v) is 7.61. The molecule has 0 amide bonds. The summed E-state index contributed by atoms with van der Waals surface area (Å²) in [4.78, 5) is 12.9. The van der Waals surface area contributed by atoms with Crippen molar-refractivity contribution in [1.82, 2.24) is 0 Å². The number of benzene rings is 2. The second-order valence-electron chi connectivity index (χ2n) is 5.34. The third-order valence-electron chi connectivity index (χ3n) is 3.62. The van der Waals surface area contributed by atoms with E-state index in [0.29, 0.717) is 11.0 Å². The molecule has 0 bridgehead atoms. The van der Waals surface area contributed by atoms with Gasteiger partial charge in [0.1, 0.15) is 0 Å². The molecule has 118 valence electrons. The molecule has 0 N–H and O–H groups in total. The van der Waals surface area contributed by atoms with Crippen molar-refractivity contribution in [1.29, 1.82) is 0 Å². The molecule has 23 heavy (non-hydrogen) atoms. The molecule has 0 radical (unpaired) electrons. The Morgan fingerprint density at radius 1 is 1.09 bits per heavy atom. The van der Waals surface area contributed by atoms with Crippen LogP contribution in [0.4, 0.5) is 4.39 Å². The number of aryl methyl sites for hydroxylation is 1. The number of hydrogen-bond acceptors (Lipinski definition) is 2. The van der Waals surface area contributed by atoms with E-state index in [1.807, 2.05) is 18.2 Å². The summed E-state index contributed by atoms with van der Waals surface area (Å²) in [5.74, 6) is 0.515. The van der Waals surface area contributed by atoms with Crippen molar-refractivity contribution in [2.45, 2.75) is 26.2 Å². The quantitative estimate of drug-likeness (QED) is 0.642. The van der Waals surface area contributed by atoms with Crippen LogP contribution in [-0.4, -0.2) is 15.0 Å². The number of hydrogen-bond donors (Lipinski definition) is 0. The van der Waals surface area contributed by atoms with Crippen molar-refractivity contribution in [3.8, 4) is 0 Å². The van der Waals surface area contributed by atoms with Crippen molar-refractivity contribution >= 4 is 34.8 Å². The van der Waals surface area contributed by atoms with Crippen molar-refractivity contribution in [3.05, 3.63) is 70.3 Å². The Morgan fingerprint density at radius 3 is 2.57 bits per heavy atom. The fourth-order valence-electron chi connectivity index (χ4n) is 2.40. The zero-order valence-corrected chi connectivity index (χ0v) is 14.6. The summed E-state index contributed by atoms with van der Waals surface area (Å²) >= 11 is -0.193. The number of fused-ring (bicyclic) bond motifs is 1. The molecule has 0 spiro atoms. The Morgan fingerprint density at radius 2 is 1.83 bits per heavy atom. The third kappa shape index (κ3) is 3.54. The van der Waals surface area contributed by atoms with Crippen LogP contribution in [0.15, 0.2) is 57.7 Å². The van der Waals surface area contributed by atoms with Gasteiger partial charge < -0.3 is 0 Å². The Bertz CT molecular complexity index is 869. The molecular formula is C19H17FO2Se. The van der Waals surface area contributed by atoms with E-state index in [-0.39, 0.29) is 26.2 Å². The molecule has 1 heterocycles. The maximum atomic E-state index is 13.1. The molecule has 0 atom stereocenters. The van der Waals surface area contributed by atoms with Gasteiger partial charge in [0.25, 0.3) is 0 Å². The van der Waals surface area contributed by atoms with E-state index in [4.69, 9.17) is 4.42 Å². The van der Waals surface area contributed by atoms with E-state index in [1.54, 1.807) is 18.2 Å². The molecule has 0 aliphatic rings. The first-order valence-electron chi connectivity index (χ1n) is 7.67. The van der Waals surface area contributed by atoms with Crippen LogP contribution < -0.4 is 14.4 Å². The van der Waals surface area contributed by atoms with Crippen LogP contribution in [0.25, 0.3) is 11.0 Å². The summed E-state index contributed by atoms with van der Waals surface area (Å²) in [6.07, 6.45) is 2.78. The van der Waals surface area contributed by atoms with Gasteiger partial charge in [-0.25, -0.2) is 0 Å². The first-order chi connectivity index (χ1) is 11.2. The zero-order chi connectivity index (χ0) is 16.2. The summed E-state index contributed by atoms with van der Waals surface area (Å²) in [6.45, 7) is 2.12. The predicted molar refractivity (Wildman–Crippen MR) is 92.5 cm³/mol. The standard InChI is InChI=1S/C19H17FO2Se/c1-2-3-7-17-19(23-14-11-9-13(20)10-12-14)18(21)15-6-4-5-8-16(15)22-17/h4-6,8-12H,2-3,7H2,1H3. The molecule has 4 heteroatoms. The van der Waals surface area contributed by atoms with E-state index in [0.717, 1.165) is 33.9 Å². The van der Waals surface area contributed by atoms with Crippen LogP contribution >= 0.6 is 0 Å². The van der Waals surface area contributed by atoms with Gasteiger partial charge in [-0.05, 0) is 0 Å². The summed E-state index contributed by atoms with van der Waals surface area (Å²) in [6, 6.07) is 13.7. The Balaban J connectivity index is 2.09. The van der Waals surface area contributed by atoms with Crippen LogP contribution in [0.1, 0.15) is 25.5 Å². The molecule has 0 saturated carbocycles. The average Bonchev–Trinajstić information content (AvgIpc) is 2.57. The van der Waals surface area contributed by atoms with Gasteiger partial charge in [0, 0.05) is 0 Å². The molecule has 0 fully saturated rings.